The molecule has 0 aliphatic carbocycles. The fourth-order valence-electron chi connectivity index (χ4n) is 4.29. The number of carbonyl (C=O) groups is 1. The van der Waals surface area contributed by atoms with Gasteiger partial charge in [-0.3, -0.25) is 9.79 Å². The number of nitrogens with zero attached hydrogens (tertiary/aromatic N) is 3. The number of nitrogens with one attached hydrogen (secondary N) is 1. The van der Waals surface area contributed by atoms with E-state index in [1.807, 2.05) is 20.8 Å². The van der Waals surface area contributed by atoms with Crippen molar-refractivity contribution in [3.05, 3.63) is 47.7 Å². The maximum absolute atomic E-state index is 15.1. The highest BCUT2D eigenvalue weighted by Gasteiger charge is 2.50. The molecule has 2 aromatic rings. The highest BCUT2D eigenvalue weighted by molar-refractivity contribution is 8.15. The molecular formula is C24H30FN5O4S. The summed E-state index contributed by atoms with van der Waals surface area (Å²) in [4.78, 5) is 25.7. The van der Waals surface area contributed by atoms with Crippen LogP contribution < -0.4 is 15.8 Å². The summed E-state index contributed by atoms with van der Waals surface area (Å²) < 4.78 is 30.9. The van der Waals surface area contributed by atoms with Gasteiger partial charge in [0.1, 0.15) is 18.1 Å². The van der Waals surface area contributed by atoms with Gasteiger partial charge in [-0.1, -0.05) is 18.7 Å². The highest BCUT2D eigenvalue weighted by Crippen LogP contribution is 2.50. The molecular weight excluding hydrogens is 473 g/mol. The second kappa shape index (κ2) is 10.1. The molecule has 1 amide bonds. The van der Waals surface area contributed by atoms with Crippen LogP contribution in [0.4, 0.5) is 10.1 Å². The molecule has 188 valence electrons. The van der Waals surface area contributed by atoms with Crippen molar-refractivity contribution < 1.29 is 23.4 Å². The Morgan fingerprint density at radius 2 is 2.11 bits per heavy atom. The normalized spacial score (nSPS) is 28.1. The monoisotopic (exact) mass is 503 g/mol. The zero-order valence-corrected chi connectivity index (χ0v) is 21.0. The third-order valence-electron chi connectivity index (χ3n) is 6.71. The maximum Gasteiger partial charge on any atom is 0.275 e. The largest absolute Gasteiger partial charge is 0.474 e. The number of rotatable bonds is 8. The van der Waals surface area contributed by atoms with Crippen LogP contribution in [0.3, 0.4) is 0 Å². The zero-order chi connectivity index (χ0) is 25.2. The van der Waals surface area contributed by atoms with E-state index in [9.17, 15) is 4.79 Å². The summed E-state index contributed by atoms with van der Waals surface area (Å²) in [5.41, 5.74) is 6.04. The van der Waals surface area contributed by atoms with Crippen molar-refractivity contribution >= 4 is 28.5 Å². The fourth-order valence-corrected chi connectivity index (χ4v) is 5.59. The Labute approximate surface area is 208 Å². The first-order valence-corrected chi connectivity index (χ1v) is 12.2. The summed E-state index contributed by atoms with van der Waals surface area (Å²) in [5, 5.41) is 3.13. The molecule has 4 rings (SSSR count). The van der Waals surface area contributed by atoms with Crippen molar-refractivity contribution in [2.75, 3.05) is 32.2 Å². The average molecular weight is 504 g/mol. The first-order valence-electron chi connectivity index (χ1n) is 11.4. The molecule has 1 aromatic heterocycles. The Bertz CT molecular complexity index is 1110. The number of carbonyl (C=O) groups excluding carboxylic acids is 1. The van der Waals surface area contributed by atoms with Gasteiger partial charge in [0.15, 0.2) is 5.17 Å². The number of amides is 1. The summed E-state index contributed by atoms with van der Waals surface area (Å²) in [6.45, 7) is 7.44. The van der Waals surface area contributed by atoms with Gasteiger partial charge in [0.05, 0.1) is 30.6 Å². The molecule has 0 bridgehead atoms. The van der Waals surface area contributed by atoms with E-state index in [-0.39, 0.29) is 17.7 Å². The number of methoxy groups -OCH3 is 1. The minimum atomic E-state index is -0.962. The molecule has 1 saturated heterocycles. The van der Waals surface area contributed by atoms with Crippen molar-refractivity contribution in [1.29, 1.82) is 0 Å². The molecule has 3 heterocycles. The third kappa shape index (κ3) is 5.26. The van der Waals surface area contributed by atoms with E-state index >= 15 is 4.39 Å². The first kappa shape index (κ1) is 25.3. The van der Waals surface area contributed by atoms with Crippen LogP contribution in [-0.4, -0.2) is 58.8 Å². The standard InChI is InChI=1S/C24H30FN5O4S/c1-14-23(2,13-32-4)35-22(26)30-24(14,3)17-9-15(5-6-18(17)25)29-21(31)19-10-28-20(11-27-19)34-12-16-7-8-33-16/h5-6,9-11,14,16H,7-8,12-13H2,1-4H3,(H2,26,30)(H,29,31)/t14-,16?,23-,24+/m1/s1. The van der Waals surface area contributed by atoms with Crippen LogP contribution in [0.15, 0.2) is 35.6 Å². The minimum Gasteiger partial charge on any atom is -0.474 e. The van der Waals surface area contributed by atoms with Crippen molar-refractivity contribution in [3.63, 3.8) is 0 Å². The number of anilines is 1. The van der Waals surface area contributed by atoms with Gasteiger partial charge in [0.2, 0.25) is 5.88 Å². The lowest BCUT2D eigenvalue weighted by Crippen LogP contribution is -2.50. The second-order valence-corrected chi connectivity index (χ2v) is 10.7. The number of nitrogens with two attached hydrogens (primary N) is 1. The maximum atomic E-state index is 15.1. The van der Waals surface area contributed by atoms with Gasteiger partial charge >= 0.3 is 0 Å². The first-order chi connectivity index (χ1) is 16.6. The predicted octanol–water partition coefficient (Wildman–Crippen LogP) is 3.35. The third-order valence-corrected chi connectivity index (χ3v) is 7.95. The molecule has 3 N–H and O–H groups in total. The van der Waals surface area contributed by atoms with Gasteiger partial charge in [-0.15, -0.1) is 0 Å². The average Bonchev–Trinajstić information content (AvgIpc) is 2.78. The summed E-state index contributed by atoms with van der Waals surface area (Å²) in [5.74, 6) is -0.727. The van der Waals surface area contributed by atoms with Crippen LogP contribution in [0, 0.1) is 11.7 Å². The van der Waals surface area contributed by atoms with E-state index in [1.165, 1.54) is 36.3 Å². The van der Waals surface area contributed by atoms with Crippen LogP contribution in [0.5, 0.6) is 5.88 Å². The summed E-state index contributed by atoms with van der Waals surface area (Å²) in [6, 6.07) is 4.40. The van der Waals surface area contributed by atoms with Crippen LogP contribution in [0.2, 0.25) is 0 Å². The van der Waals surface area contributed by atoms with E-state index in [0.29, 0.717) is 35.5 Å². The number of amidine groups is 1. The smallest absolute Gasteiger partial charge is 0.275 e. The number of aromatic nitrogens is 2. The van der Waals surface area contributed by atoms with E-state index in [4.69, 9.17) is 19.9 Å². The van der Waals surface area contributed by atoms with Crippen LogP contribution in [0.1, 0.15) is 43.2 Å². The van der Waals surface area contributed by atoms with E-state index < -0.39 is 22.0 Å². The number of halogens is 1. The van der Waals surface area contributed by atoms with Gasteiger partial charge in [0.25, 0.3) is 5.91 Å². The van der Waals surface area contributed by atoms with Gasteiger partial charge in [-0.05, 0) is 32.0 Å². The van der Waals surface area contributed by atoms with Crippen molar-refractivity contribution in [2.45, 2.75) is 43.6 Å². The number of hydrogen-bond donors (Lipinski definition) is 2. The Morgan fingerprint density at radius 1 is 1.34 bits per heavy atom. The van der Waals surface area contributed by atoms with Gasteiger partial charge < -0.3 is 25.3 Å². The molecule has 1 fully saturated rings. The Kier molecular flexibility index (Phi) is 7.30. The van der Waals surface area contributed by atoms with E-state index in [1.54, 1.807) is 13.2 Å². The number of hydrogen-bond acceptors (Lipinski definition) is 9. The molecule has 2 aliphatic heterocycles. The molecule has 0 radical (unpaired) electrons. The van der Waals surface area contributed by atoms with E-state index in [0.717, 1.165) is 13.0 Å². The second-order valence-electron chi connectivity index (χ2n) is 9.15. The van der Waals surface area contributed by atoms with Gasteiger partial charge in [0, 0.05) is 42.1 Å². The predicted molar refractivity (Wildman–Crippen MR) is 132 cm³/mol. The van der Waals surface area contributed by atoms with Gasteiger partial charge in [-0.2, -0.15) is 0 Å². The summed E-state index contributed by atoms with van der Waals surface area (Å²) >= 11 is 1.42. The molecule has 2 aliphatic rings. The molecule has 0 spiro atoms. The quantitative estimate of drug-likeness (QED) is 0.563. The molecule has 1 unspecified atom stereocenters. The lowest BCUT2D eigenvalue weighted by Gasteiger charge is -2.47. The van der Waals surface area contributed by atoms with Gasteiger partial charge in [-0.25, -0.2) is 14.4 Å². The molecule has 35 heavy (non-hydrogen) atoms. The van der Waals surface area contributed by atoms with Crippen LogP contribution >= 0.6 is 11.8 Å². The number of thioether (sulfide) groups is 1. The van der Waals surface area contributed by atoms with Crippen LogP contribution in [0.25, 0.3) is 0 Å². The summed E-state index contributed by atoms with van der Waals surface area (Å²) in [6.07, 6.45) is 3.75. The molecule has 9 nitrogen and oxygen atoms in total. The van der Waals surface area contributed by atoms with E-state index in [2.05, 4.69) is 20.3 Å². The topological polar surface area (TPSA) is 121 Å². The van der Waals surface area contributed by atoms with Crippen LogP contribution in [-0.2, 0) is 15.0 Å². The zero-order valence-electron chi connectivity index (χ0n) is 20.2. The molecule has 4 atom stereocenters. The SMILES string of the molecule is COC[C@@]1(C)SC(N)=N[C@](C)(c2cc(NC(=O)c3cnc(OCC4CCO4)cn3)ccc2F)[C@@H]1C. The highest BCUT2D eigenvalue weighted by atomic mass is 32.2. The fraction of sp³-hybridized carbons (Fsp3) is 0.500. The molecule has 11 heteroatoms. The number of aliphatic imine (C=N–C) groups is 1. The number of benzene rings is 1. The summed E-state index contributed by atoms with van der Waals surface area (Å²) in [7, 11) is 1.62. The minimum absolute atomic E-state index is 0.0758. The van der Waals surface area contributed by atoms with Crippen molar-refractivity contribution in [1.82, 2.24) is 9.97 Å². The Hall–Kier alpha value is -2.76. The van der Waals surface area contributed by atoms with Crippen molar-refractivity contribution in [2.24, 2.45) is 16.6 Å². The lowest BCUT2D eigenvalue weighted by molar-refractivity contribution is -0.0727. The lowest BCUT2D eigenvalue weighted by atomic mass is 9.74. The molecule has 1 aromatic carbocycles. The number of ether oxygens (including phenoxy) is 3. The Morgan fingerprint density at radius 3 is 2.74 bits per heavy atom. The molecule has 0 saturated carbocycles. The van der Waals surface area contributed by atoms with Crippen molar-refractivity contribution in [3.8, 4) is 5.88 Å². The Balaban J connectivity index is 1.52.